The van der Waals surface area contributed by atoms with Gasteiger partial charge in [-0.2, -0.15) is 0 Å². The van der Waals surface area contributed by atoms with Gasteiger partial charge in [-0.15, -0.1) is 0 Å². The third-order valence-electron chi connectivity index (χ3n) is 8.96. The lowest BCUT2D eigenvalue weighted by atomic mass is 9.83. The molecule has 0 fully saturated rings. The van der Waals surface area contributed by atoms with E-state index < -0.39 is 0 Å². The molecule has 0 saturated heterocycles. The molecular formula is C43H32N2. The molecule has 0 bridgehead atoms. The van der Waals surface area contributed by atoms with Crippen molar-refractivity contribution in [2.45, 2.75) is 13.3 Å². The maximum absolute atomic E-state index is 5.10. The molecule has 0 radical (unpaired) electrons. The van der Waals surface area contributed by atoms with Crippen LogP contribution >= 0.6 is 0 Å². The Kier molecular flexibility index (Phi) is 6.61. The highest BCUT2D eigenvalue weighted by molar-refractivity contribution is 6.14. The number of hydrogen-bond donors (Lipinski definition) is 0. The number of fused-ring (bicyclic) bond motifs is 6. The van der Waals surface area contributed by atoms with E-state index in [4.69, 9.17) is 4.98 Å². The molecule has 1 aliphatic carbocycles. The zero-order chi connectivity index (χ0) is 30.3. The molecule has 6 aromatic carbocycles. The van der Waals surface area contributed by atoms with Crippen LogP contribution < -0.4 is 0 Å². The van der Waals surface area contributed by atoms with Crippen LogP contribution in [0.2, 0.25) is 0 Å². The number of aromatic nitrogens is 2. The summed E-state index contributed by atoms with van der Waals surface area (Å²) in [4.78, 5) is 5.10. The fraction of sp³-hybridized carbons (Fsp3) is 0.0465. The Morgan fingerprint density at radius 3 is 2.09 bits per heavy atom. The van der Waals surface area contributed by atoms with Gasteiger partial charge in [-0.05, 0) is 92.9 Å². The number of imidazole rings is 1. The van der Waals surface area contributed by atoms with Crippen LogP contribution in [0.3, 0.4) is 0 Å². The van der Waals surface area contributed by atoms with Crippen molar-refractivity contribution in [1.29, 1.82) is 0 Å². The smallest absolute Gasteiger partial charge is 0.145 e. The van der Waals surface area contributed by atoms with Gasteiger partial charge in [0.05, 0.1) is 11.0 Å². The van der Waals surface area contributed by atoms with E-state index in [0.29, 0.717) is 0 Å². The van der Waals surface area contributed by atoms with Crippen molar-refractivity contribution < 1.29 is 0 Å². The van der Waals surface area contributed by atoms with Crippen LogP contribution in [-0.2, 0) is 6.42 Å². The molecule has 8 rings (SSSR count). The first-order chi connectivity index (χ1) is 22.3. The molecule has 7 aromatic rings. The predicted molar refractivity (Wildman–Crippen MR) is 191 cm³/mol. The molecule has 45 heavy (non-hydrogen) atoms. The summed E-state index contributed by atoms with van der Waals surface area (Å²) in [6.07, 6.45) is 8.98. The summed E-state index contributed by atoms with van der Waals surface area (Å²) in [7, 11) is 0. The number of rotatable bonds is 6. The van der Waals surface area contributed by atoms with Gasteiger partial charge in [0, 0.05) is 11.3 Å². The number of hydrogen-bond acceptors (Lipinski definition) is 1. The molecule has 2 heteroatoms. The Balaban J connectivity index is 1.36. The van der Waals surface area contributed by atoms with Gasteiger partial charge in [0.15, 0.2) is 0 Å². The van der Waals surface area contributed by atoms with Gasteiger partial charge in [0.2, 0.25) is 0 Å². The molecular weight excluding hydrogens is 544 g/mol. The van der Waals surface area contributed by atoms with Crippen LogP contribution in [0.25, 0.3) is 72.3 Å². The number of para-hydroxylation sites is 2. The van der Waals surface area contributed by atoms with Crippen LogP contribution in [-0.4, -0.2) is 9.55 Å². The second-order valence-electron chi connectivity index (χ2n) is 11.5. The summed E-state index contributed by atoms with van der Waals surface area (Å²) < 4.78 is 2.20. The molecule has 0 N–H and O–H groups in total. The molecule has 0 aliphatic heterocycles. The maximum atomic E-state index is 5.10. The third-order valence-corrected chi connectivity index (χ3v) is 8.96. The van der Waals surface area contributed by atoms with Gasteiger partial charge >= 0.3 is 0 Å². The first-order valence-electron chi connectivity index (χ1n) is 15.5. The normalized spacial score (nSPS) is 12.6. The second kappa shape index (κ2) is 11.1. The quantitative estimate of drug-likeness (QED) is 0.180. The van der Waals surface area contributed by atoms with Crippen molar-refractivity contribution in [3.63, 3.8) is 0 Å². The van der Waals surface area contributed by atoms with E-state index in [-0.39, 0.29) is 0 Å². The summed E-state index contributed by atoms with van der Waals surface area (Å²) in [5.41, 5.74) is 14.6. The van der Waals surface area contributed by atoms with Crippen LogP contribution in [0.1, 0.15) is 18.1 Å². The van der Waals surface area contributed by atoms with Gasteiger partial charge in [-0.25, -0.2) is 4.98 Å². The molecule has 1 heterocycles. The first-order valence-corrected chi connectivity index (χ1v) is 15.5. The SMILES string of the molecule is C=C/C(=C\C=C/C)n1c(-c2ccc(-c3c(-c4ccccc4)c4c(c5ccccc35)-c3ccccc3C4)cc2)nc2ccccc21. The minimum atomic E-state index is 0.899. The van der Waals surface area contributed by atoms with E-state index in [1.54, 1.807) is 0 Å². The summed E-state index contributed by atoms with van der Waals surface area (Å²) >= 11 is 0. The van der Waals surface area contributed by atoms with E-state index in [0.717, 1.165) is 34.5 Å². The number of nitrogens with zero attached hydrogens (tertiary/aromatic N) is 2. The van der Waals surface area contributed by atoms with Crippen LogP contribution in [0.4, 0.5) is 0 Å². The monoisotopic (exact) mass is 576 g/mol. The summed E-state index contributed by atoms with van der Waals surface area (Å²) in [6.45, 7) is 6.15. The standard InChI is InChI=1S/C43H32N2/c1-3-5-18-33(4-2)45-39-23-14-13-22-38(39)44-43(45)31-26-24-30(25-27-31)40-35-20-11-12-21-36(35)42-34-19-10-9-17-32(34)28-37(42)41(40)29-15-7-6-8-16-29/h3-27H,2,28H2,1H3/b5-3-,33-18+. The summed E-state index contributed by atoms with van der Waals surface area (Å²) in [6, 6.07) is 46.0. The molecule has 0 amide bonds. The Morgan fingerprint density at radius 2 is 1.31 bits per heavy atom. The van der Waals surface area contributed by atoms with Gasteiger partial charge < -0.3 is 0 Å². The van der Waals surface area contributed by atoms with Crippen molar-refractivity contribution in [2.24, 2.45) is 0 Å². The van der Waals surface area contributed by atoms with Crippen molar-refractivity contribution >= 4 is 27.5 Å². The second-order valence-corrected chi connectivity index (χ2v) is 11.5. The van der Waals surface area contributed by atoms with Crippen LogP contribution in [0.5, 0.6) is 0 Å². The number of allylic oxidation sites excluding steroid dienone is 5. The maximum Gasteiger partial charge on any atom is 0.145 e. The fourth-order valence-electron chi connectivity index (χ4n) is 7.00. The van der Waals surface area contributed by atoms with E-state index in [1.807, 2.05) is 31.2 Å². The summed E-state index contributed by atoms with van der Waals surface area (Å²) in [5.74, 6) is 0.899. The Morgan fingerprint density at radius 1 is 0.667 bits per heavy atom. The highest BCUT2D eigenvalue weighted by atomic mass is 15.1. The summed E-state index contributed by atoms with van der Waals surface area (Å²) in [5, 5.41) is 2.58. The van der Waals surface area contributed by atoms with Crippen molar-refractivity contribution in [3.8, 4) is 44.8 Å². The fourth-order valence-corrected chi connectivity index (χ4v) is 7.00. The highest BCUT2D eigenvalue weighted by Gasteiger charge is 2.28. The van der Waals surface area contributed by atoms with Gasteiger partial charge in [-0.1, -0.05) is 134 Å². The average Bonchev–Trinajstić information content (AvgIpc) is 3.68. The topological polar surface area (TPSA) is 17.8 Å². The van der Waals surface area contributed by atoms with Gasteiger partial charge in [0.1, 0.15) is 5.82 Å². The first kappa shape index (κ1) is 26.9. The zero-order valence-electron chi connectivity index (χ0n) is 25.2. The molecule has 0 atom stereocenters. The van der Waals surface area contributed by atoms with E-state index in [1.165, 1.54) is 55.3 Å². The lowest BCUT2D eigenvalue weighted by Gasteiger charge is -2.20. The van der Waals surface area contributed by atoms with E-state index >= 15 is 0 Å². The predicted octanol–water partition coefficient (Wildman–Crippen LogP) is 11.4. The van der Waals surface area contributed by atoms with Crippen LogP contribution in [0, 0.1) is 0 Å². The zero-order valence-corrected chi connectivity index (χ0v) is 25.2. The molecule has 1 aliphatic rings. The van der Waals surface area contributed by atoms with E-state index in [2.05, 4.69) is 139 Å². The number of benzene rings is 6. The molecule has 0 unspecified atom stereocenters. The molecule has 214 valence electrons. The Hall–Kier alpha value is -5.73. The van der Waals surface area contributed by atoms with Gasteiger partial charge in [0.25, 0.3) is 0 Å². The highest BCUT2D eigenvalue weighted by Crippen LogP contribution is 2.51. The molecule has 2 nitrogen and oxygen atoms in total. The van der Waals surface area contributed by atoms with Crippen molar-refractivity contribution in [3.05, 3.63) is 169 Å². The van der Waals surface area contributed by atoms with E-state index in [9.17, 15) is 0 Å². The van der Waals surface area contributed by atoms with Crippen molar-refractivity contribution in [1.82, 2.24) is 9.55 Å². The minimum Gasteiger partial charge on any atom is -0.292 e. The Bertz CT molecular complexity index is 2300. The third kappa shape index (κ3) is 4.38. The molecule has 1 aromatic heterocycles. The molecule has 0 saturated carbocycles. The van der Waals surface area contributed by atoms with Crippen LogP contribution in [0.15, 0.2) is 158 Å². The minimum absolute atomic E-state index is 0.899. The van der Waals surface area contributed by atoms with Crippen molar-refractivity contribution in [2.75, 3.05) is 0 Å². The Labute approximate surface area is 264 Å². The molecule has 0 spiro atoms. The van der Waals surface area contributed by atoms with Gasteiger partial charge in [-0.3, -0.25) is 4.57 Å². The average molecular weight is 577 g/mol. The largest absolute Gasteiger partial charge is 0.292 e. The lowest BCUT2D eigenvalue weighted by Crippen LogP contribution is -1.98. The lowest BCUT2D eigenvalue weighted by molar-refractivity contribution is 1.15.